The Hall–Kier alpha value is -5.34. The number of hydrogen-bond donors (Lipinski definition) is 0. The van der Waals surface area contributed by atoms with E-state index in [1.54, 1.807) is 55.0 Å². The Kier molecular flexibility index (Phi) is 12.9. The van der Waals surface area contributed by atoms with Crippen LogP contribution in [0.4, 0.5) is 14.5 Å². The van der Waals surface area contributed by atoms with Gasteiger partial charge in [0.25, 0.3) is 5.91 Å². The number of pyridine rings is 2. The van der Waals surface area contributed by atoms with Gasteiger partial charge in [0.2, 0.25) is 5.43 Å². The van der Waals surface area contributed by atoms with E-state index in [1.165, 1.54) is 18.9 Å². The third kappa shape index (κ3) is 10.6. The molecular formula is C37H39F2N3O8S. The van der Waals surface area contributed by atoms with Gasteiger partial charge in [0.15, 0.2) is 12.4 Å². The highest BCUT2D eigenvalue weighted by molar-refractivity contribution is 7.84. The van der Waals surface area contributed by atoms with Crippen molar-refractivity contribution in [3.05, 3.63) is 118 Å². The number of anilines is 1. The van der Waals surface area contributed by atoms with Crippen LogP contribution in [0.3, 0.4) is 0 Å². The molecule has 270 valence electrons. The summed E-state index contributed by atoms with van der Waals surface area (Å²) >= 11 is 0. The number of ether oxygens (including phenoxy) is 3. The maximum absolute atomic E-state index is 14.1. The normalized spacial score (nSPS) is 11.1. The second-order valence-corrected chi connectivity index (χ2v) is 13.0. The molecule has 0 saturated carbocycles. The molecule has 3 aromatic carbocycles. The smallest absolute Gasteiger partial charge is 0.263 e. The second-order valence-electron chi connectivity index (χ2n) is 11.6. The first kappa shape index (κ1) is 38.5. The van der Waals surface area contributed by atoms with Crippen molar-refractivity contribution in [2.24, 2.45) is 7.05 Å². The largest absolute Gasteiger partial charge is 0.748 e. The lowest BCUT2D eigenvalue weighted by molar-refractivity contribution is -0.671. The van der Waals surface area contributed by atoms with E-state index in [9.17, 15) is 18.4 Å². The molecule has 0 saturated heterocycles. The number of aryl methyl sites for hydroxylation is 2. The van der Waals surface area contributed by atoms with Crippen LogP contribution < -0.4 is 29.1 Å². The van der Waals surface area contributed by atoms with Gasteiger partial charge in [0.1, 0.15) is 41.5 Å². The molecule has 2 heterocycles. The number of carbonyl (C=O) groups excluding carboxylic acids is 1. The van der Waals surface area contributed by atoms with E-state index < -0.39 is 33.1 Å². The van der Waals surface area contributed by atoms with Gasteiger partial charge in [-0.2, -0.15) is 0 Å². The zero-order valence-corrected chi connectivity index (χ0v) is 29.7. The van der Waals surface area contributed by atoms with Crippen molar-refractivity contribution in [2.75, 3.05) is 38.5 Å². The standard InChI is InChI=1S/C36H36F2N3O5.CH4O3S/c1-5-40(27-16-25(37)15-26(38)17-27)36(43)33-23-41(34-21-29(44-3)11-12-32(34)35(33)42)28-18-30(45-4)20-31(19-28)46-14-7-6-9-24-10-8-13-39(2)22-24;1-5(2,3)4/h8,10-13,15-23H,5-7,9,14H2,1-4H3;1H3,(H,2,3,4)/q+1;/p-1. The molecule has 14 heteroatoms. The van der Waals surface area contributed by atoms with E-state index in [2.05, 4.69) is 12.3 Å². The molecule has 11 nitrogen and oxygen atoms in total. The van der Waals surface area contributed by atoms with Gasteiger partial charge in [-0.25, -0.2) is 21.8 Å². The Morgan fingerprint density at radius 2 is 1.61 bits per heavy atom. The number of amides is 1. The summed E-state index contributed by atoms with van der Waals surface area (Å²) in [6, 6.07) is 17.2. The first-order chi connectivity index (χ1) is 24.2. The predicted octanol–water partition coefficient (Wildman–Crippen LogP) is 5.34. The Morgan fingerprint density at radius 1 is 0.941 bits per heavy atom. The second kappa shape index (κ2) is 17.1. The van der Waals surface area contributed by atoms with Crippen molar-refractivity contribution < 1.29 is 45.3 Å². The number of methoxy groups -OCH3 is 2. The first-order valence-electron chi connectivity index (χ1n) is 15.9. The van der Waals surface area contributed by atoms with Crippen molar-refractivity contribution in [1.82, 2.24) is 4.57 Å². The van der Waals surface area contributed by atoms with Crippen LogP contribution in [-0.4, -0.2) is 57.1 Å². The maximum atomic E-state index is 14.1. The predicted molar refractivity (Wildman–Crippen MR) is 188 cm³/mol. The fourth-order valence-electron chi connectivity index (χ4n) is 5.40. The SMILES string of the molecule is CCN(C(=O)c1cn(-c2cc(OC)cc(OCCCCc3ccc[n+](C)c3)c2)c2cc(OC)ccc2c1=O)c1cc(F)cc(F)c1.CS(=O)(=O)[O-]. The van der Waals surface area contributed by atoms with Crippen LogP contribution in [0.25, 0.3) is 16.6 Å². The highest BCUT2D eigenvalue weighted by Gasteiger charge is 2.24. The van der Waals surface area contributed by atoms with E-state index in [4.69, 9.17) is 27.2 Å². The van der Waals surface area contributed by atoms with Gasteiger partial charge in [-0.15, -0.1) is 0 Å². The molecule has 0 unspecified atom stereocenters. The number of nitrogens with zero attached hydrogens (tertiary/aromatic N) is 3. The number of aromatic nitrogens is 2. The summed E-state index contributed by atoms with van der Waals surface area (Å²) in [6.07, 6.45) is 8.85. The summed E-state index contributed by atoms with van der Waals surface area (Å²) in [5, 5.41) is 0.257. The van der Waals surface area contributed by atoms with Crippen LogP contribution in [0, 0.1) is 11.6 Å². The highest BCUT2D eigenvalue weighted by atomic mass is 32.2. The van der Waals surface area contributed by atoms with Gasteiger partial charge < -0.3 is 28.2 Å². The van der Waals surface area contributed by atoms with E-state index in [0.29, 0.717) is 41.3 Å². The highest BCUT2D eigenvalue weighted by Crippen LogP contribution is 2.30. The number of rotatable bonds is 12. The third-order valence-corrected chi connectivity index (χ3v) is 7.67. The third-order valence-electron chi connectivity index (χ3n) is 7.67. The summed E-state index contributed by atoms with van der Waals surface area (Å²) in [5.41, 5.74) is 1.60. The van der Waals surface area contributed by atoms with Gasteiger partial charge in [-0.3, -0.25) is 9.59 Å². The van der Waals surface area contributed by atoms with Gasteiger partial charge >= 0.3 is 0 Å². The number of halogens is 2. The summed E-state index contributed by atoms with van der Waals surface area (Å²) in [5.74, 6) is -0.789. The van der Waals surface area contributed by atoms with Crippen LogP contribution in [0.2, 0.25) is 0 Å². The Balaban J connectivity index is 0.00000109. The lowest BCUT2D eigenvalue weighted by atomic mass is 10.1. The minimum Gasteiger partial charge on any atom is -0.748 e. The molecule has 0 spiro atoms. The maximum Gasteiger partial charge on any atom is 0.263 e. The van der Waals surface area contributed by atoms with Gasteiger partial charge in [-0.05, 0) is 56.5 Å². The summed E-state index contributed by atoms with van der Waals surface area (Å²) in [7, 11) is 1.15. The topological polar surface area (TPSA) is 131 Å². The molecule has 1 amide bonds. The quantitative estimate of drug-likeness (QED) is 0.0959. The molecule has 0 aliphatic heterocycles. The van der Waals surface area contributed by atoms with Crippen LogP contribution in [-0.2, 0) is 23.6 Å². The molecule has 0 aliphatic carbocycles. The lowest BCUT2D eigenvalue weighted by Gasteiger charge is -2.22. The average molecular weight is 724 g/mol. The van der Waals surface area contributed by atoms with E-state index in [-0.39, 0.29) is 23.2 Å². The molecular weight excluding hydrogens is 684 g/mol. The number of benzene rings is 3. The van der Waals surface area contributed by atoms with Gasteiger partial charge in [-0.1, -0.05) is 0 Å². The summed E-state index contributed by atoms with van der Waals surface area (Å²) < 4.78 is 76.3. The number of unbranched alkanes of at least 4 members (excludes halogenated alkanes) is 1. The Morgan fingerprint density at radius 3 is 2.24 bits per heavy atom. The zero-order chi connectivity index (χ0) is 37.3. The molecule has 0 fully saturated rings. The van der Waals surface area contributed by atoms with Crippen LogP contribution in [0.5, 0.6) is 17.2 Å². The van der Waals surface area contributed by atoms with Crippen molar-refractivity contribution in [2.45, 2.75) is 26.2 Å². The molecule has 2 aromatic heterocycles. The van der Waals surface area contributed by atoms with Crippen LogP contribution in [0.1, 0.15) is 35.7 Å². The molecule has 0 atom stereocenters. The van der Waals surface area contributed by atoms with Crippen molar-refractivity contribution in [3.63, 3.8) is 0 Å². The molecule has 5 aromatic rings. The minimum absolute atomic E-state index is 0.00370. The number of fused-ring (bicyclic) bond motifs is 1. The summed E-state index contributed by atoms with van der Waals surface area (Å²) in [6.45, 7) is 2.21. The fraction of sp³-hybridized carbons (Fsp3) is 0.270. The molecule has 0 N–H and O–H groups in total. The van der Waals surface area contributed by atoms with E-state index in [1.807, 2.05) is 23.9 Å². The molecule has 0 bridgehead atoms. The average Bonchev–Trinajstić information content (AvgIpc) is 3.07. The van der Waals surface area contributed by atoms with Crippen molar-refractivity contribution in [3.8, 4) is 22.9 Å². The van der Waals surface area contributed by atoms with Crippen molar-refractivity contribution in [1.29, 1.82) is 0 Å². The van der Waals surface area contributed by atoms with Crippen LogP contribution >= 0.6 is 0 Å². The lowest BCUT2D eigenvalue weighted by Crippen LogP contribution is -2.35. The minimum atomic E-state index is -3.92. The molecule has 0 aliphatic rings. The molecule has 51 heavy (non-hydrogen) atoms. The first-order valence-corrected chi connectivity index (χ1v) is 17.7. The zero-order valence-electron chi connectivity index (χ0n) is 28.9. The van der Waals surface area contributed by atoms with Crippen LogP contribution in [0.15, 0.2) is 90.1 Å². The Labute approximate surface area is 295 Å². The monoisotopic (exact) mass is 723 g/mol. The molecule has 0 radical (unpaired) electrons. The number of hydrogen-bond acceptors (Lipinski definition) is 8. The fourth-order valence-corrected chi connectivity index (χ4v) is 5.40. The van der Waals surface area contributed by atoms with Gasteiger partial charge in [0.05, 0.1) is 42.1 Å². The van der Waals surface area contributed by atoms with E-state index >= 15 is 0 Å². The molecule has 5 rings (SSSR count). The van der Waals surface area contributed by atoms with Crippen molar-refractivity contribution >= 4 is 32.6 Å². The van der Waals surface area contributed by atoms with E-state index in [0.717, 1.165) is 42.4 Å². The number of carbonyl (C=O) groups is 1. The van der Waals surface area contributed by atoms with Gasteiger partial charge in [0, 0.05) is 72.0 Å². The summed E-state index contributed by atoms with van der Waals surface area (Å²) in [4.78, 5) is 28.8. The Bertz CT molecular complexity index is 2160.